The normalized spacial score (nSPS) is 16.2. The third kappa shape index (κ3) is 2.58. The van der Waals surface area contributed by atoms with Gasteiger partial charge in [-0.15, -0.1) is 0 Å². The van der Waals surface area contributed by atoms with Crippen molar-refractivity contribution in [3.05, 3.63) is 53.1 Å². The number of hydrogen-bond donors (Lipinski definition) is 0. The zero-order valence-electron chi connectivity index (χ0n) is 11.8. The average Bonchev–Trinajstić information content (AvgIpc) is 2.32. The van der Waals surface area contributed by atoms with Crippen LogP contribution in [0.2, 0.25) is 0 Å². The molecule has 0 amide bonds. The summed E-state index contributed by atoms with van der Waals surface area (Å²) in [6.07, 6.45) is 3.32. The Morgan fingerprint density at radius 2 is 1.58 bits per heavy atom. The monoisotopic (exact) mass is 254 g/mol. The highest BCUT2D eigenvalue weighted by molar-refractivity contribution is 6.58. The fourth-order valence-corrected chi connectivity index (χ4v) is 2.11. The van der Waals surface area contributed by atoms with Crippen molar-refractivity contribution in [3.63, 3.8) is 0 Å². The van der Waals surface area contributed by atoms with Gasteiger partial charge in [-0.1, -0.05) is 45.0 Å². The molecule has 0 aliphatic heterocycles. The third-order valence-corrected chi connectivity index (χ3v) is 3.36. The molecule has 0 atom stereocenters. The fraction of sp³-hybridized carbons (Fsp3) is 0.294. The molecule has 19 heavy (non-hydrogen) atoms. The maximum absolute atomic E-state index is 12.1. The Labute approximate surface area is 113 Å². The minimum Gasteiger partial charge on any atom is -0.286 e. The van der Waals surface area contributed by atoms with Crippen molar-refractivity contribution < 1.29 is 9.59 Å². The lowest BCUT2D eigenvalue weighted by atomic mass is 9.79. The van der Waals surface area contributed by atoms with Gasteiger partial charge in [0.15, 0.2) is 0 Å². The van der Waals surface area contributed by atoms with E-state index in [2.05, 4.69) is 0 Å². The van der Waals surface area contributed by atoms with Gasteiger partial charge in [0.05, 0.1) is 0 Å². The van der Waals surface area contributed by atoms with Gasteiger partial charge in [0.1, 0.15) is 0 Å². The van der Waals surface area contributed by atoms with Gasteiger partial charge in [0.25, 0.3) is 0 Å². The Morgan fingerprint density at radius 1 is 0.947 bits per heavy atom. The summed E-state index contributed by atoms with van der Waals surface area (Å²) in [5, 5.41) is 0. The SMILES string of the molecule is Cc1ccccc1C1=CC(C(C)(C)C)=CC(=O)C1=O. The zero-order valence-corrected chi connectivity index (χ0v) is 11.8. The van der Waals surface area contributed by atoms with E-state index in [9.17, 15) is 9.59 Å². The molecule has 2 nitrogen and oxygen atoms in total. The number of carbonyl (C=O) groups excluding carboxylic acids is 2. The summed E-state index contributed by atoms with van der Waals surface area (Å²) >= 11 is 0. The number of aryl methyl sites for hydroxylation is 1. The van der Waals surface area contributed by atoms with Crippen LogP contribution in [0.5, 0.6) is 0 Å². The number of Topliss-reactive ketones (excluding diaryl/α,β-unsaturated/α-hetero) is 1. The van der Waals surface area contributed by atoms with Crippen molar-refractivity contribution in [2.45, 2.75) is 27.7 Å². The molecule has 2 heteroatoms. The minimum atomic E-state index is -0.425. The van der Waals surface area contributed by atoms with E-state index in [1.54, 1.807) is 0 Å². The van der Waals surface area contributed by atoms with Crippen molar-refractivity contribution >= 4 is 17.1 Å². The molecule has 0 saturated heterocycles. The first kappa shape index (κ1) is 13.5. The van der Waals surface area contributed by atoms with Crippen LogP contribution in [0.1, 0.15) is 31.9 Å². The number of carbonyl (C=O) groups is 2. The van der Waals surface area contributed by atoms with Crippen LogP contribution in [-0.2, 0) is 9.59 Å². The molecule has 98 valence electrons. The first-order valence-corrected chi connectivity index (χ1v) is 6.39. The lowest BCUT2D eigenvalue weighted by Gasteiger charge is -2.24. The van der Waals surface area contributed by atoms with Crippen molar-refractivity contribution in [2.75, 3.05) is 0 Å². The molecule has 0 heterocycles. The molecule has 1 aromatic carbocycles. The van der Waals surface area contributed by atoms with Crippen LogP contribution in [0.15, 0.2) is 42.0 Å². The smallest absolute Gasteiger partial charge is 0.233 e. The lowest BCUT2D eigenvalue weighted by molar-refractivity contribution is -0.130. The summed E-state index contributed by atoms with van der Waals surface area (Å²) in [5.74, 6) is -0.840. The second kappa shape index (κ2) is 4.61. The summed E-state index contributed by atoms with van der Waals surface area (Å²) in [5.41, 5.74) is 3.11. The van der Waals surface area contributed by atoms with Crippen LogP contribution >= 0.6 is 0 Å². The molecule has 0 radical (unpaired) electrons. The molecular formula is C17H18O2. The first-order valence-electron chi connectivity index (χ1n) is 6.39. The molecule has 0 saturated carbocycles. The number of allylic oxidation sites excluding steroid dienone is 4. The maximum atomic E-state index is 12.1. The summed E-state index contributed by atoms with van der Waals surface area (Å²) in [4.78, 5) is 24.0. The van der Waals surface area contributed by atoms with E-state index in [0.29, 0.717) is 5.57 Å². The summed E-state index contributed by atoms with van der Waals surface area (Å²) < 4.78 is 0. The zero-order chi connectivity index (χ0) is 14.2. The van der Waals surface area contributed by atoms with E-state index in [-0.39, 0.29) is 5.41 Å². The van der Waals surface area contributed by atoms with E-state index in [1.165, 1.54) is 6.08 Å². The van der Waals surface area contributed by atoms with Gasteiger partial charge in [-0.25, -0.2) is 0 Å². The van der Waals surface area contributed by atoms with Crippen LogP contribution in [-0.4, -0.2) is 11.6 Å². The minimum absolute atomic E-state index is 0.149. The molecule has 0 spiro atoms. The van der Waals surface area contributed by atoms with E-state index >= 15 is 0 Å². The van der Waals surface area contributed by atoms with Crippen molar-refractivity contribution in [2.24, 2.45) is 5.41 Å². The Balaban J connectivity index is 2.59. The molecule has 0 bridgehead atoms. The summed E-state index contributed by atoms with van der Waals surface area (Å²) in [6, 6.07) is 7.64. The van der Waals surface area contributed by atoms with Crippen LogP contribution in [0.3, 0.4) is 0 Å². The summed E-state index contributed by atoms with van der Waals surface area (Å²) in [7, 11) is 0. The standard InChI is InChI=1S/C17H18O2/c1-11-7-5-6-8-13(11)14-9-12(17(2,3)4)10-15(18)16(14)19/h5-10H,1-4H3. The van der Waals surface area contributed by atoms with Crippen LogP contribution in [0.4, 0.5) is 0 Å². The van der Waals surface area contributed by atoms with Crippen molar-refractivity contribution in [1.29, 1.82) is 0 Å². The van der Waals surface area contributed by atoms with Gasteiger partial charge in [-0.05, 0) is 41.2 Å². The second-order valence-electron chi connectivity index (χ2n) is 5.92. The molecule has 1 aliphatic carbocycles. The van der Waals surface area contributed by atoms with Gasteiger partial charge in [-0.3, -0.25) is 9.59 Å². The predicted octanol–water partition coefficient (Wildman–Crippen LogP) is 3.50. The number of rotatable bonds is 1. The van der Waals surface area contributed by atoms with E-state index in [0.717, 1.165) is 16.7 Å². The fourth-order valence-electron chi connectivity index (χ4n) is 2.11. The highest BCUT2D eigenvalue weighted by atomic mass is 16.2. The number of benzene rings is 1. The number of ketones is 2. The molecule has 1 aliphatic rings. The van der Waals surface area contributed by atoms with Gasteiger partial charge in [0.2, 0.25) is 11.6 Å². The quantitative estimate of drug-likeness (QED) is 0.567. The van der Waals surface area contributed by atoms with Crippen LogP contribution in [0.25, 0.3) is 5.57 Å². The van der Waals surface area contributed by atoms with Crippen molar-refractivity contribution in [1.82, 2.24) is 0 Å². The van der Waals surface area contributed by atoms with Crippen LogP contribution in [0, 0.1) is 12.3 Å². The molecule has 0 aromatic heterocycles. The van der Waals surface area contributed by atoms with Crippen molar-refractivity contribution in [3.8, 4) is 0 Å². The topological polar surface area (TPSA) is 34.1 Å². The van der Waals surface area contributed by atoms with Crippen LogP contribution < -0.4 is 0 Å². The molecule has 0 N–H and O–H groups in total. The Bertz CT molecular complexity index is 610. The Hall–Kier alpha value is -1.96. The van der Waals surface area contributed by atoms with E-state index in [4.69, 9.17) is 0 Å². The molecule has 0 fully saturated rings. The molecular weight excluding hydrogens is 236 g/mol. The maximum Gasteiger partial charge on any atom is 0.233 e. The molecule has 0 unspecified atom stereocenters. The largest absolute Gasteiger partial charge is 0.286 e. The highest BCUT2D eigenvalue weighted by Crippen LogP contribution is 2.33. The average molecular weight is 254 g/mol. The molecule has 1 aromatic rings. The number of hydrogen-bond acceptors (Lipinski definition) is 2. The van der Waals surface area contributed by atoms with E-state index < -0.39 is 11.6 Å². The van der Waals surface area contributed by atoms with Gasteiger partial charge < -0.3 is 0 Å². The predicted molar refractivity (Wildman–Crippen MR) is 76.7 cm³/mol. The summed E-state index contributed by atoms with van der Waals surface area (Å²) in [6.45, 7) is 8.05. The van der Waals surface area contributed by atoms with Gasteiger partial charge in [-0.2, -0.15) is 0 Å². The Kier molecular flexibility index (Phi) is 3.27. The van der Waals surface area contributed by atoms with E-state index in [1.807, 2.05) is 58.0 Å². The first-order chi connectivity index (χ1) is 8.80. The van der Waals surface area contributed by atoms with Gasteiger partial charge >= 0.3 is 0 Å². The van der Waals surface area contributed by atoms with Gasteiger partial charge in [0, 0.05) is 5.57 Å². The highest BCUT2D eigenvalue weighted by Gasteiger charge is 2.28. The third-order valence-electron chi connectivity index (χ3n) is 3.36. The second-order valence-corrected chi connectivity index (χ2v) is 5.92. The Morgan fingerprint density at radius 3 is 2.16 bits per heavy atom. The lowest BCUT2D eigenvalue weighted by Crippen LogP contribution is -2.22. The molecule has 2 rings (SSSR count).